The van der Waals surface area contributed by atoms with Gasteiger partial charge in [0.1, 0.15) is 0 Å². The highest BCUT2D eigenvalue weighted by molar-refractivity contribution is 5.08. The van der Waals surface area contributed by atoms with Crippen LogP contribution in [0.15, 0.2) is 23.3 Å². The Bertz CT molecular complexity index is 295. The molecule has 2 aliphatic rings. The van der Waals surface area contributed by atoms with Crippen LogP contribution in [0.4, 0.5) is 0 Å². The van der Waals surface area contributed by atoms with Crippen molar-refractivity contribution < 1.29 is 0 Å². The molecule has 110 valence electrons. The summed E-state index contributed by atoms with van der Waals surface area (Å²) in [6.07, 6.45) is 17.3. The normalized spacial score (nSPS) is 27.6. The molecule has 0 heteroatoms. The van der Waals surface area contributed by atoms with Crippen LogP contribution in [0.25, 0.3) is 0 Å². The molecule has 0 saturated carbocycles. The average molecular weight is 262 g/mol. The maximum atomic E-state index is 2.50. The number of allylic oxidation sites excluding steroid dienone is 4. The van der Waals surface area contributed by atoms with Gasteiger partial charge in [-0.15, -0.1) is 0 Å². The zero-order chi connectivity index (χ0) is 14.1. The third-order valence-corrected chi connectivity index (χ3v) is 4.56. The Morgan fingerprint density at radius 1 is 0.947 bits per heavy atom. The van der Waals surface area contributed by atoms with Gasteiger partial charge in [-0.2, -0.15) is 0 Å². The lowest BCUT2D eigenvalue weighted by Gasteiger charge is -2.30. The standard InChI is InChI=1S/C16H26.C3H8/c1-3-14-7-5-9-16(12-14)15-8-4-6-13(2)10-11-15;1-3-2/h6-7,15-16H,3-5,8-12H2,1-2H3;3H2,1-2H3. The Hall–Kier alpha value is -0.520. The first-order chi connectivity index (χ1) is 9.21. The van der Waals surface area contributed by atoms with Crippen LogP contribution < -0.4 is 0 Å². The summed E-state index contributed by atoms with van der Waals surface area (Å²) >= 11 is 0. The second-order valence-electron chi connectivity index (χ2n) is 6.39. The topological polar surface area (TPSA) is 0 Å². The van der Waals surface area contributed by atoms with Crippen molar-refractivity contribution in [1.82, 2.24) is 0 Å². The fourth-order valence-corrected chi connectivity index (χ4v) is 3.39. The first kappa shape index (κ1) is 16.5. The van der Waals surface area contributed by atoms with E-state index >= 15 is 0 Å². The molecule has 2 unspecified atom stereocenters. The molecular weight excluding hydrogens is 228 g/mol. The van der Waals surface area contributed by atoms with Gasteiger partial charge in [0.15, 0.2) is 0 Å². The van der Waals surface area contributed by atoms with Crippen LogP contribution >= 0.6 is 0 Å². The van der Waals surface area contributed by atoms with Gasteiger partial charge in [-0.3, -0.25) is 0 Å². The molecule has 0 aromatic rings. The van der Waals surface area contributed by atoms with Crippen molar-refractivity contribution in [1.29, 1.82) is 0 Å². The lowest BCUT2D eigenvalue weighted by atomic mass is 9.76. The predicted octanol–water partition coefficient (Wildman–Crippen LogP) is 6.68. The van der Waals surface area contributed by atoms with E-state index in [1.807, 2.05) is 0 Å². The van der Waals surface area contributed by atoms with Crippen LogP contribution in [-0.4, -0.2) is 0 Å². The van der Waals surface area contributed by atoms with E-state index in [0.717, 1.165) is 11.8 Å². The van der Waals surface area contributed by atoms with Crippen molar-refractivity contribution in [3.05, 3.63) is 23.3 Å². The SMILES string of the molecule is CCC.CCC1=CCCC(C2CCC=C(C)CC2)C1. The first-order valence-electron chi connectivity index (χ1n) is 8.54. The molecule has 0 saturated heterocycles. The molecule has 19 heavy (non-hydrogen) atoms. The van der Waals surface area contributed by atoms with Crippen LogP contribution in [0.5, 0.6) is 0 Å². The molecule has 0 aliphatic heterocycles. The molecule has 2 atom stereocenters. The maximum Gasteiger partial charge on any atom is -0.0289 e. The van der Waals surface area contributed by atoms with Crippen LogP contribution in [0, 0.1) is 11.8 Å². The zero-order valence-electron chi connectivity index (χ0n) is 13.7. The third kappa shape index (κ3) is 5.97. The zero-order valence-corrected chi connectivity index (χ0v) is 13.7. The fourth-order valence-electron chi connectivity index (χ4n) is 3.39. The van der Waals surface area contributed by atoms with E-state index in [2.05, 4.69) is 39.8 Å². The third-order valence-electron chi connectivity index (χ3n) is 4.56. The van der Waals surface area contributed by atoms with Gasteiger partial charge < -0.3 is 0 Å². The van der Waals surface area contributed by atoms with E-state index in [1.165, 1.54) is 57.8 Å². The largest absolute Gasteiger partial charge is 0.0856 e. The minimum Gasteiger partial charge on any atom is -0.0856 e. The van der Waals surface area contributed by atoms with E-state index in [1.54, 1.807) is 11.1 Å². The second kappa shape index (κ2) is 9.39. The summed E-state index contributed by atoms with van der Waals surface area (Å²) in [5.74, 6) is 2.00. The molecule has 0 aromatic heterocycles. The molecule has 0 radical (unpaired) electrons. The van der Waals surface area contributed by atoms with E-state index < -0.39 is 0 Å². The maximum absolute atomic E-state index is 2.50. The minimum absolute atomic E-state index is 0.999. The highest BCUT2D eigenvalue weighted by Crippen LogP contribution is 2.37. The summed E-state index contributed by atoms with van der Waals surface area (Å²) in [6, 6.07) is 0. The Kier molecular flexibility index (Phi) is 8.18. The summed E-state index contributed by atoms with van der Waals surface area (Å²) in [6.45, 7) is 8.87. The van der Waals surface area contributed by atoms with E-state index in [-0.39, 0.29) is 0 Å². The van der Waals surface area contributed by atoms with Crippen LogP contribution in [0.1, 0.15) is 85.5 Å². The van der Waals surface area contributed by atoms with E-state index in [0.29, 0.717) is 0 Å². The second-order valence-corrected chi connectivity index (χ2v) is 6.39. The summed E-state index contributed by atoms with van der Waals surface area (Å²) < 4.78 is 0. The fraction of sp³-hybridized carbons (Fsp3) is 0.789. The van der Waals surface area contributed by atoms with Crippen LogP contribution in [-0.2, 0) is 0 Å². The van der Waals surface area contributed by atoms with Crippen molar-refractivity contribution in [2.75, 3.05) is 0 Å². The van der Waals surface area contributed by atoms with Gasteiger partial charge in [0, 0.05) is 0 Å². The monoisotopic (exact) mass is 262 g/mol. The molecule has 0 nitrogen and oxygen atoms in total. The van der Waals surface area contributed by atoms with Crippen molar-refractivity contribution in [3.8, 4) is 0 Å². The van der Waals surface area contributed by atoms with Gasteiger partial charge in [0.05, 0.1) is 0 Å². The van der Waals surface area contributed by atoms with Gasteiger partial charge in [-0.05, 0) is 70.1 Å². The van der Waals surface area contributed by atoms with Crippen LogP contribution in [0.2, 0.25) is 0 Å². The molecule has 0 aromatic carbocycles. The molecular formula is C19H34. The highest BCUT2D eigenvalue weighted by Gasteiger charge is 2.24. The lowest BCUT2D eigenvalue weighted by Crippen LogP contribution is -2.17. The Labute approximate surface area is 121 Å². The average Bonchev–Trinajstić information content (AvgIpc) is 2.65. The van der Waals surface area contributed by atoms with Crippen molar-refractivity contribution in [2.24, 2.45) is 11.8 Å². The Balaban J connectivity index is 0.000000550. The van der Waals surface area contributed by atoms with Crippen molar-refractivity contribution in [2.45, 2.75) is 85.5 Å². The van der Waals surface area contributed by atoms with Crippen LogP contribution in [0.3, 0.4) is 0 Å². The van der Waals surface area contributed by atoms with Gasteiger partial charge in [-0.1, -0.05) is 50.5 Å². The Morgan fingerprint density at radius 3 is 2.26 bits per heavy atom. The molecule has 0 heterocycles. The number of hydrogen-bond donors (Lipinski definition) is 0. The summed E-state index contributed by atoms with van der Waals surface area (Å²) in [5, 5.41) is 0. The number of rotatable bonds is 2. The van der Waals surface area contributed by atoms with Gasteiger partial charge in [-0.25, -0.2) is 0 Å². The van der Waals surface area contributed by atoms with Crippen molar-refractivity contribution in [3.63, 3.8) is 0 Å². The van der Waals surface area contributed by atoms with Crippen molar-refractivity contribution >= 4 is 0 Å². The Morgan fingerprint density at radius 2 is 1.58 bits per heavy atom. The van der Waals surface area contributed by atoms with E-state index in [4.69, 9.17) is 0 Å². The van der Waals surface area contributed by atoms with Gasteiger partial charge in [0.25, 0.3) is 0 Å². The molecule has 0 spiro atoms. The quantitative estimate of drug-likeness (QED) is 0.487. The summed E-state index contributed by atoms with van der Waals surface area (Å²) in [4.78, 5) is 0. The smallest absolute Gasteiger partial charge is 0.0289 e. The molecule has 2 rings (SSSR count). The molecule has 0 bridgehead atoms. The lowest BCUT2D eigenvalue weighted by molar-refractivity contribution is 0.273. The summed E-state index contributed by atoms with van der Waals surface area (Å²) in [5.41, 5.74) is 3.36. The molecule has 2 aliphatic carbocycles. The minimum atomic E-state index is 0.999. The van der Waals surface area contributed by atoms with Gasteiger partial charge >= 0.3 is 0 Å². The van der Waals surface area contributed by atoms with E-state index in [9.17, 15) is 0 Å². The molecule has 0 amide bonds. The van der Waals surface area contributed by atoms with Gasteiger partial charge in [0.2, 0.25) is 0 Å². The molecule has 0 fully saturated rings. The highest BCUT2D eigenvalue weighted by atomic mass is 14.3. The first-order valence-corrected chi connectivity index (χ1v) is 8.54. The predicted molar refractivity (Wildman–Crippen MR) is 87.4 cm³/mol. The summed E-state index contributed by atoms with van der Waals surface area (Å²) in [7, 11) is 0. The molecule has 0 N–H and O–H groups in total. The number of hydrogen-bond acceptors (Lipinski definition) is 0.